The van der Waals surface area contributed by atoms with E-state index in [1.807, 2.05) is 0 Å². The third-order valence-electron chi connectivity index (χ3n) is 1.64. The summed E-state index contributed by atoms with van der Waals surface area (Å²) in [5, 5.41) is 0.748. The first-order chi connectivity index (χ1) is 6.50. The largest absolute Gasteiger partial charge is 0.300 e. The molecule has 14 heavy (non-hydrogen) atoms. The minimum Gasteiger partial charge on any atom is -0.300 e. The zero-order chi connectivity index (χ0) is 10.7. The Labute approximate surface area is 91.8 Å². The molecule has 0 heterocycles. The lowest BCUT2D eigenvalue weighted by Crippen LogP contribution is -2.05. The molecule has 0 bridgehead atoms. The molecular formula is C10H8Cl2O2. The molecular weight excluding hydrogens is 223 g/mol. The molecule has 0 fully saturated rings. The fourth-order valence-corrected chi connectivity index (χ4v) is 1.55. The van der Waals surface area contributed by atoms with Crippen LogP contribution in [0.15, 0.2) is 18.2 Å². The van der Waals surface area contributed by atoms with E-state index in [0.717, 1.165) is 0 Å². The molecule has 4 heteroatoms. The van der Waals surface area contributed by atoms with Gasteiger partial charge in [-0.15, -0.1) is 0 Å². The average Bonchev–Trinajstić information content (AvgIpc) is 2.01. The van der Waals surface area contributed by atoms with Crippen LogP contribution in [0.25, 0.3) is 0 Å². The van der Waals surface area contributed by atoms with Crippen LogP contribution < -0.4 is 0 Å². The van der Waals surface area contributed by atoms with Crippen molar-refractivity contribution in [3.63, 3.8) is 0 Å². The van der Waals surface area contributed by atoms with Crippen LogP contribution in [-0.4, -0.2) is 11.6 Å². The summed E-state index contributed by atoms with van der Waals surface area (Å²) in [7, 11) is 0. The molecule has 74 valence electrons. The summed E-state index contributed by atoms with van der Waals surface area (Å²) in [6.45, 7) is 1.36. The molecule has 0 saturated carbocycles. The number of halogens is 2. The van der Waals surface area contributed by atoms with Gasteiger partial charge in [-0.05, 0) is 25.1 Å². The second kappa shape index (κ2) is 4.58. The molecule has 0 aliphatic heterocycles. The molecule has 1 aromatic rings. The van der Waals surface area contributed by atoms with Gasteiger partial charge in [0.15, 0.2) is 5.78 Å². The Morgan fingerprint density at radius 1 is 1.29 bits per heavy atom. The Morgan fingerprint density at radius 2 is 1.93 bits per heavy atom. The van der Waals surface area contributed by atoms with E-state index in [4.69, 9.17) is 23.2 Å². The van der Waals surface area contributed by atoms with Gasteiger partial charge in [-0.25, -0.2) is 0 Å². The van der Waals surface area contributed by atoms with Crippen LogP contribution in [0.4, 0.5) is 0 Å². The molecule has 0 amide bonds. The van der Waals surface area contributed by atoms with Gasteiger partial charge in [0, 0.05) is 10.6 Å². The maximum Gasteiger partial charge on any atom is 0.171 e. The average molecular weight is 231 g/mol. The van der Waals surface area contributed by atoms with Gasteiger partial charge < -0.3 is 0 Å². The molecule has 0 aliphatic rings. The van der Waals surface area contributed by atoms with Crippen molar-refractivity contribution in [3.05, 3.63) is 33.8 Å². The van der Waals surface area contributed by atoms with Gasteiger partial charge in [0.05, 0.1) is 11.4 Å². The van der Waals surface area contributed by atoms with E-state index in [1.165, 1.54) is 19.1 Å². The first-order valence-electron chi connectivity index (χ1n) is 3.98. The summed E-state index contributed by atoms with van der Waals surface area (Å²) >= 11 is 11.5. The molecule has 1 aromatic carbocycles. The molecule has 0 N–H and O–H groups in total. The molecule has 1 rings (SSSR count). The van der Waals surface area contributed by atoms with E-state index in [1.54, 1.807) is 6.07 Å². The summed E-state index contributed by atoms with van der Waals surface area (Å²) in [6.07, 6.45) is -0.124. The van der Waals surface area contributed by atoms with Gasteiger partial charge >= 0.3 is 0 Å². The van der Waals surface area contributed by atoms with Crippen LogP contribution in [-0.2, 0) is 4.79 Å². The summed E-state index contributed by atoms with van der Waals surface area (Å²) in [5.41, 5.74) is 0.339. The molecule has 0 saturated heterocycles. The molecule has 0 aromatic heterocycles. The highest BCUT2D eigenvalue weighted by molar-refractivity contribution is 6.37. The molecule has 0 atom stereocenters. The fraction of sp³-hybridized carbons (Fsp3) is 0.200. The van der Waals surface area contributed by atoms with Crippen LogP contribution in [0.5, 0.6) is 0 Å². The van der Waals surface area contributed by atoms with Crippen molar-refractivity contribution in [3.8, 4) is 0 Å². The molecule has 0 radical (unpaired) electrons. The summed E-state index contributed by atoms with van der Waals surface area (Å²) in [6, 6.07) is 4.58. The highest BCUT2D eigenvalue weighted by atomic mass is 35.5. The lowest BCUT2D eigenvalue weighted by Gasteiger charge is -2.01. The van der Waals surface area contributed by atoms with E-state index in [0.29, 0.717) is 10.6 Å². The smallest absolute Gasteiger partial charge is 0.171 e. The third-order valence-corrected chi connectivity index (χ3v) is 2.19. The van der Waals surface area contributed by atoms with Crippen molar-refractivity contribution >= 4 is 34.8 Å². The lowest BCUT2D eigenvalue weighted by molar-refractivity contribution is -0.116. The van der Waals surface area contributed by atoms with Gasteiger partial charge in [-0.3, -0.25) is 9.59 Å². The van der Waals surface area contributed by atoms with Gasteiger partial charge in [0.1, 0.15) is 5.78 Å². The first kappa shape index (κ1) is 11.2. The number of Topliss-reactive ketones (excluding diaryl/α,β-unsaturated/α-hetero) is 2. The highest BCUT2D eigenvalue weighted by Gasteiger charge is 2.12. The topological polar surface area (TPSA) is 34.1 Å². The number of ketones is 2. The first-order valence-corrected chi connectivity index (χ1v) is 4.74. The molecule has 0 aliphatic carbocycles. The second-order valence-electron chi connectivity index (χ2n) is 2.93. The van der Waals surface area contributed by atoms with Crippen molar-refractivity contribution in [1.82, 2.24) is 0 Å². The number of benzene rings is 1. The SMILES string of the molecule is CC(=O)CC(=O)c1ccc(Cl)cc1Cl. The van der Waals surface area contributed by atoms with E-state index in [9.17, 15) is 9.59 Å². The van der Waals surface area contributed by atoms with E-state index in [2.05, 4.69) is 0 Å². The summed E-state index contributed by atoms with van der Waals surface area (Å²) in [4.78, 5) is 22.2. The van der Waals surface area contributed by atoms with Crippen molar-refractivity contribution in [2.75, 3.05) is 0 Å². The minimum atomic E-state index is -0.279. The second-order valence-corrected chi connectivity index (χ2v) is 3.77. The van der Waals surface area contributed by atoms with Crippen molar-refractivity contribution < 1.29 is 9.59 Å². The van der Waals surface area contributed by atoms with Crippen molar-refractivity contribution in [2.24, 2.45) is 0 Å². The third kappa shape index (κ3) is 2.82. The Kier molecular flexibility index (Phi) is 3.67. The minimum absolute atomic E-state index is 0.124. The van der Waals surface area contributed by atoms with Gasteiger partial charge in [0.25, 0.3) is 0 Å². The monoisotopic (exact) mass is 230 g/mol. The maximum atomic E-state index is 11.4. The van der Waals surface area contributed by atoms with Crippen LogP contribution in [0, 0.1) is 0 Å². The quantitative estimate of drug-likeness (QED) is 0.591. The summed E-state index contributed by atoms with van der Waals surface area (Å²) in [5.74, 6) is -0.458. The fourth-order valence-electron chi connectivity index (χ4n) is 1.04. The Morgan fingerprint density at radius 3 is 2.43 bits per heavy atom. The zero-order valence-corrected chi connectivity index (χ0v) is 9.02. The predicted octanol–water partition coefficient (Wildman–Crippen LogP) is 3.16. The van der Waals surface area contributed by atoms with Gasteiger partial charge in [-0.1, -0.05) is 23.2 Å². The molecule has 0 unspecified atom stereocenters. The number of carbonyl (C=O) groups is 2. The van der Waals surface area contributed by atoms with Gasteiger partial charge in [0.2, 0.25) is 0 Å². The summed E-state index contributed by atoms with van der Waals surface area (Å²) < 4.78 is 0. The Balaban J connectivity index is 2.96. The van der Waals surface area contributed by atoms with E-state index >= 15 is 0 Å². The number of rotatable bonds is 3. The van der Waals surface area contributed by atoms with Crippen LogP contribution in [0.1, 0.15) is 23.7 Å². The standard InChI is InChI=1S/C10H8Cl2O2/c1-6(13)4-10(14)8-3-2-7(11)5-9(8)12/h2-3,5H,4H2,1H3. The van der Waals surface area contributed by atoms with Crippen molar-refractivity contribution in [1.29, 1.82) is 0 Å². The van der Waals surface area contributed by atoms with Crippen LogP contribution in [0.3, 0.4) is 0 Å². The van der Waals surface area contributed by atoms with Gasteiger partial charge in [-0.2, -0.15) is 0 Å². The van der Waals surface area contributed by atoms with Crippen LogP contribution >= 0.6 is 23.2 Å². The van der Waals surface area contributed by atoms with Crippen molar-refractivity contribution in [2.45, 2.75) is 13.3 Å². The normalized spacial score (nSPS) is 9.93. The number of hydrogen-bond acceptors (Lipinski definition) is 2. The van der Waals surface area contributed by atoms with E-state index in [-0.39, 0.29) is 23.0 Å². The van der Waals surface area contributed by atoms with E-state index < -0.39 is 0 Å². The molecule has 2 nitrogen and oxygen atoms in total. The zero-order valence-electron chi connectivity index (χ0n) is 7.51. The highest BCUT2D eigenvalue weighted by Crippen LogP contribution is 2.22. The number of hydrogen-bond donors (Lipinski definition) is 0. The Bertz CT molecular complexity index is 386. The predicted molar refractivity (Wildman–Crippen MR) is 56.1 cm³/mol. The number of carbonyl (C=O) groups excluding carboxylic acids is 2. The maximum absolute atomic E-state index is 11.4. The molecule has 0 spiro atoms. The van der Waals surface area contributed by atoms with Crippen LogP contribution in [0.2, 0.25) is 10.0 Å². The Hall–Kier alpha value is -0.860. The lowest BCUT2D eigenvalue weighted by atomic mass is 10.1.